The van der Waals surface area contributed by atoms with E-state index in [4.69, 9.17) is 4.84 Å². The van der Waals surface area contributed by atoms with Crippen molar-refractivity contribution in [1.29, 1.82) is 0 Å². The third kappa shape index (κ3) is 10.7. The molecule has 1 aliphatic heterocycles. The molecule has 3 amide bonds. The van der Waals surface area contributed by atoms with E-state index in [9.17, 15) is 27.2 Å². The summed E-state index contributed by atoms with van der Waals surface area (Å²) in [4.78, 5) is 46.8. The molecular formula is C32H45FN4O6S. The maximum Gasteiger partial charge on any atom is 0.245 e. The predicted molar refractivity (Wildman–Crippen MR) is 165 cm³/mol. The van der Waals surface area contributed by atoms with Crippen molar-refractivity contribution in [2.75, 3.05) is 13.1 Å². The van der Waals surface area contributed by atoms with E-state index in [0.717, 1.165) is 30.5 Å². The number of carbonyl (C=O) groups is 3. The van der Waals surface area contributed by atoms with Crippen LogP contribution in [0.3, 0.4) is 0 Å². The first-order valence-corrected chi connectivity index (χ1v) is 16.6. The van der Waals surface area contributed by atoms with E-state index in [1.165, 1.54) is 12.1 Å². The molecule has 0 spiro atoms. The van der Waals surface area contributed by atoms with Crippen molar-refractivity contribution in [3.05, 3.63) is 66.0 Å². The van der Waals surface area contributed by atoms with E-state index in [-0.39, 0.29) is 29.7 Å². The maximum atomic E-state index is 13.7. The molecule has 0 aliphatic carbocycles. The Morgan fingerprint density at radius 1 is 1.02 bits per heavy atom. The number of hydrogen-bond acceptors (Lipinski definition) is 6. The fraction of sp³-hybridized carbons (Fsp3) is 0.531. The van der Waals surface area contributed by atoms with Gasteiger partial charge in [-0.15, -0.1) is 0 Å². The lowest BCUT2D eigenvalue weighted by Gasteiger charge is -2.38. The second-order valence-corrected chi connectivity index (χ2v) is 14.0. The summed E-state index contributed by atoms with van der Waals surface area (Å²) in [5.41, 5.74) is 2.70. The van der Waals surface area contributed by atoms with Crippen LogP contribution in [0.2, 0.25) is 0 Å². The van der Waals surface area contributed by atoms with Gasteiger partial charge < -0.3 is 10.2 Å². The molecule has 242 valence electrons. The first kappa shape index (κ1) is 35.1. The molecule has 0 radical (unpaired) electrons. The van der Waals surface area contributed by atoms with E-state index >= 15 is 0 Å². The van der Waals surface area contributed by atoms with Crippen LogP contribution in [0.5, 0.6) is 0 Å². The molecule has 12 heteroatoms. The Morgan fingerprint density at radius 2 is 1.66 bits per heavy atom. The molecule has 1 fully saturated rings. The molecule has 3 N–H and O–H groups in total. The van der Waals surface area contributed by atoms with Crippen LogP contribution in [-0.4, -0.2) is 56.2 Å². The minimum atomic E-state index is -3.84. The van der Waals surface area contributed by atoms with Crippen LogP contribution >= 0.6 is 0 Å². The number of piperidine rings is 1. The number of benzene rings is 2. The zero-order valence-corrected chi connectivity index (χ0v) is 26.8. The largest absolute Gasteiger partial charge is 0.344 e. The van der Waals surface area contributed by atoms with Crippen LogP contribution in [0.1, 0.15) is 71.8 Å². The smallest absolute Gasteiger partial charge is 0.245 e. The summed E-state index contributed by atoms with van der Waals surface area (Å²) in [5.74, 6) is -2.20. The van der Waals surface area contributed by atoms with Gasteiger partial charge in [-0.25, -0.2) is 23.0 Å². The SMILES string of the molecule is CCCC[C@H](CC(=O)NOCc1ccccc1)C(=O)N[C@H](C(=O)N1CCC(NS(=O)(=O)c2ccc(F)cc2)CC1)C(C)(C)C. The first-order chi connectivity index (χ1) is 20.8. The molecule has 1 heterocycles. The molecule has 1 aliphatic rings. The Kier molecular flexibility index (Phi) is 12.9. The minimum absolute atomic E-state index is 0.0259. The molecule has 3 rings (SSSR count). The normalized spacial score (nSPS) is 15.8. The lowest BCUT2D eigenvalue weighted by atomic mass is 9.84. The molecule has 10 nitrogen and oxygen atoms in total. The Labute approximate surface area is 260 Å². The topological polar surface area (TPSA) is 134 Å². The van der Waals surface area contributed by atoms with Crippen molar-refractivity contribution < 1.29 is 32.0 Å². The highest BCUT2D eigenvalue weighted by molar-refractivity contribution is 7.89. The molecular weight excluding hydrogens is 587 g/mol. The fourth-order valence-electron chi connectivity index (χ4n) is 5.03. The maximum absolute atomic E-state index is 13.7. The highest BCUT2D eigenvalue weighted by atomic mass is 32.2. The number of hydroxylamine groups is 1. The van der Waals surface area contributed by atoms with Gasteiger partial charge in [-0.1, -0.05) is 70.9 Å². The summed E-state index contributed by atoms with van der Waals surface area (Å²) in [6.45, 7) is 8.41. The molecule has 0 aromatic heterocycles. The number of hydrogen-bond donors (Lipinski definition) is 3. The lowest BCUT2D eigenvalue weighted by molar-refractivity contribution is -0.143. The molecule has 2 atom stereocenters. The van der Waals surface area contributed by atoms with Gasteiger partial charge in [0.25, 0.3) is 0 Å². The van der Waals surface area contributed by atoms with Crippen molar-refractivity contribution in [2.24, 2.45) is 11.3 Å². The third-order valence-electron chi connectivity index (χ3n) is 7.63. The van der Waals surface area contributed by atoms with Crippen molar-refractivity contribution >= 4 is 27.7 Å². The molecule has 1 saturated heterocycles. The van der Waals surface area contributed by atoms with Gasteiger partial charge in [0, 0.05) is 31.5 Å². The van der Waals surface area contributed by atoms with E-state index in [1.54, 1.807) is 4.90 Å². The van der Waals surface area contributed by atoms with Gasteiger partial charge in [0.15, 0.2) is 0 Å². The van der Waals surface area contributed by atoms with Gasteiger partial charge in [-0.05, 0) is 54.5 Å². The van der Waals surface area contributed by atoms with Gasteiger partial charge >= 0.3 is 0 Å². The molecule has 2 aromatic rings. The van der Waals surface area contributed by atoms with Crippen LogP contribution in [0, 0.1) is 17.2 Å². The summed E-state index contributed by atoms with van der Waals surface area (Å²) in [6, 6.07) is 12.8. The first-order valence-electron chi connectivity index (χ1n) is 15.1. The number of unbranched alkanes of at least 4 members (excludes halogenated alkanes) is 1. The Bertz CT molecular complexity index is 1340. The summed E-state index contributed by atoms with van der Waals surface area (Å²) < 4.78 is 41.3. The van der Waals surface area contributed by atoms with Gasteiger partial charge in [-0.3, -0.25) is 19.2 Å². The number of nitrogens with zero attached hydrogens (tertiary/aromatic N) is 1. The van der Waals surface area contributed by atoms with Gasteiger partial charge in [0.2, 0.25) is 27.7 Å². The minimum Gasteiger partial charge on any atom is -0.344 e. The Balaban J connectivity index is 1.58. The van der Waals surface area contributed by atoms with E-state index < -0.39 is 45.2 Å². The van der Waals surface area contributed by atoms with Crippen molar-refractivity contribution in [3.8, 4) is 0 Å². The zero-order chi connectivity index (χ0) is 32.3. The fourth-order valence-corrected chi connectivity index (χ4v) is 6.33. The van der Waals surface area contributed by atoms with E-state index in [1.807, 2.05) is 58.0 Å². The number of carbonyl (C=O) groups excluding carboxylic acids is 3. The van der Waals surface area contributed by atoms with Crippen LogP contribution in [0.4, 0.5) is 4.39 Å². The zero-order valence-electron chi connectivity index (χ0n) is 26.0. The number of sulfonamides is 1. The lowest BCUT2D eigenvalue weighted by Crippen LogP contribution is -2.58. The van der Waals surface area contributed by atoms with Crippen molar-refractivity contribution in [1.82, 2.24) is 20.4 Å². The van der Waals surface area contributed by atoms with Crippen molar-refractivity contribution in [2.45, 2.75) is 89.8 Å². The monoisotopic (exact) mass is 632 g/mol. The molecule has 44 heavy (non-hydrogen) atoms. The predicted octanol–water partition coefficient (Wildman–Crippen LogP) is 4.07. The highest BCUT2D eigenvalue weighted by Gasteiger charge is 2.38. The van der Waals surface area contributed by atoms with Gasteiger partial charge in [-0.2, -0.15) is 0 Å². The Hall–Kier alpha value is -3.35. The van der Waals surface area contributed by atoms with Crippen LogP contribution in [-0.2, 0) is 35.9 Å². The number of likely N-dealkylation sites (tertiary alicyclic amines) is 1. The van der Waals surface area contributed by atoms with E-state index in [2.05, 4.69) is 15.5 Å². The number of rotatable bonds is 14. The van der Waals surface area contributed by atoms with Gasteiger partial charge in [0.05, 0.1) is 11.5 Å². The standard InChI is InChI=1S/C32H45FN4O6S/c1-5-6-12-24(21-28(38)35-43-22-23-10-8-7-9-11-23)30(39)34-29(32(2,3)4)31(40)37-19-17-26(18-20-37)36-44(41,42)27-15-13-25(33)14-16-27/h7-11,13-16,24,26,29,36H,5-6,12,17-22H2,1-4H3,(H,34,39)(H,35,38)/t24-,29-/m1/s1. The number of amides is 3. The third-order valence-corrected chi connectivity index (χ3v) is 9.16. The van der Waals surface area contributed by atoms with Crippen molar-refractivity contribution in [3.63, 3.8) is 0 Å². The average molecular weight is 633 g/mol. The highest BCUT2D eigenvalue weighted by Crippen LogP contribution is 2.25. The number of halogens is 1. The van der Waals surface area contributed by atoms with Crippen LogP contribution in [0.15, 0.2) is 59.5 Å². The Morgan fingerprint density at radius 3 is 2.25 bits per heavy atom. The quantitative estimate of drug-likeness (QED) is 0.269. The summed E-state index contributed by atoms with van der Waals surface area (Å²) in [6.07, 6.45) is 2.77. The summed E-state index contributed by atoms with van der Waals surface area (Å²) >= 11 is 0. The summed E-state index contributed by atoms with van der Waals surface area (Å²) in [5, 5.41) is 2.93. The molecule has 0 unspecified atom stereocenters. The average Bonchev–Trinajstić information content (AvgIpc) is 2.98. The second-order valence-electron chi connectivity index (χ2n) is 12.3. The van der Waals surface area contributed by atoms with E-state index in [0.29, 0.717) is 32.4 Å². The van der Waals surface area contributed by atoms with Gasteiger partial charge in [0.1, 0.15) is 11.9 Å². The number of nitrogens with one attached hydrogen (secondary N) is 3. The molecule has 0 bridgehead atoms. The molecule has 0 saturated carbocycles. The van der Waals surface area contributed by atoms with Crippen LogP contribution in [0.25, 0.3) is 0 Å². The van der Waals surface area contributed by atoms with Crippen LogP contribution < -0.4 is 15.5 Å². The molecule has 2 aromatic carbocycles. The second kappa shape index (κ2) is 16.1. The summed E-state index contributed by atoms with van der Waals surface area (Å²) in [7, 11) is -3.84.